The molecule has 0 bridgehead atoms. The van der Waals surface area contributed by atoms with Gasteiger partial charge in [-0.25, -0.2) is 4.98 Å². The van der Waals surface area contributed by atoms with Gasteiger partial charge in [-0.3, -0.25) is 4.98 Å². The van der Waals surface area contributed by atoms with Crippen LogP contribution in [0.2, 0.25) is 0 Å². The van der Waals surface area contributed by atoms with Gasteiger partial charge in [0.15, 0.2) is 5.65 Å². The van der Waals surface area contributed by atoms with Crippen LogP contribution in [0.4, 0.5) is 5.95 Å². The number of hydrogen-bond acceptors (Lipinski definition) is 5. The minimum atomic E-state index is 0.365. The van der Waals surface area contributed by atoms with Crippen molar-refractivity contribution in [1.82, 2.24) is 24.6 Å². The molecule has 4 rings (SSSR count). The van der Waals surface area contributed by atoms with Crippen LogP contribution in [0.5, 0.6) is 0 Å². The van der Waals surface area contributed by atoms with Gasteiger partial charge >= 0.3 is 0 Å². The van der Waals surface area contributed by atoms with E-state index in [0.29, 0.717) is 18.4 Å². The average molecular weight is 332 g/mol. The van der Waals surface area contributed by atoms with Crippen molar-refractivity contribution in [1.29, 1.82) is 0 Å². The van der Waals surface area contributed by atoms with Crippen LogP contribution >= 0.6 is 0 Å². The Labute approximate surface area is 146 Å². The fraction of sp³-hybridized carbons (Fsp3) is 0.263. The summed E-state index contributed by atoms with van der Waals surface area (Å²) in [7, 11) is 0. The Balaban J connectivity index is 1.71. The highest BCUT2D eigenvalue weighted by molar-refractivity contribution is 5.82. The molecule has 0 unspecified atom stereocenters. The van der Waals surface area contributed by atoms with Crippen molar-refractivity contribution in [2.75, 3.05) is 5.32 Å². The molecule has 0 aliphatic rings. The summed E-state index contributed by atoms with van der Waals surface area (Å²) in [5.74, 6) is 1.80. The van der Waals surface area contributed by atoms with Gasteiger partial charge in [0.05, 0.1) is 11.7 Å². The minimum absolute atomic E-state index is 0.365. The summed E-state index contributed by atoms with van der Waals surface area (Å²) in [6, 6.07) is 10.2. The summed E-state index contributed by atoms with van der Waals surface area (Å²) < 4.78 is 1.78. The molecule has 6 heteroatoms. The number of hydrogen-bond donors (Lipinski definition) is 1. The van der Waals surface area contributed by atoms with E-state index >= 15 is 0 Å². The van der Waals surface area contributed by atoms with E-state index in [1.165, 1.54) is 5.56 Å². The molecule has 4 aromatic rings. The average Bonchev–Trinajstić information content (AvgIpc) is 3.03. The second-order valence-corrected chi connectivity index (χ2v) is 6.43. The largest absolute Gasteiger partial charge is 0.350 e. The molecule has 25 heavy (non-hydrogen) atoms. The zero-order chi connectivity index (χ0) is 17.4. The van der Waals surface area contributed by atoms with Crippen LogP contribution in [0.25, 0.3) is 16.6 Å². The Morgan fingerprint density at radius 1 is 1.12 bits per heavy atom. The van der Waals surface area contributed by atoms with Gasteiger partial charge < -0.3 is 5.32 Å². The van der Waals surface area contributed by atoms with Gasteiger partial charge in [0.1, 0.15) is 5.82 Å². The molecular weight excluding hydrogens is 312 g/mol. The monoisotopic (exact) mass is 332 g/mol. The summed E-state index contributed by atoms with van der Waals surface area (Å²) in [6.45, 7) is 6.84. The lowest BCUT2D eigenvalue weighted by atomic mass is 10.1. The SMILES string of the molecule is Cc1nc(NCc2cccc3ncccc23)n2ncc(C(C)C)c2n1. The van der Waals surface area contributed by atoms with Gasteiger partial charge in [0, 0.05) is 23.7 Å². The molecule has 0 saturated carbocycles. The summed E-state index contributed by atoms with van der Waals surface area (Å²) in [5.41, 5.74) is 4.16. The van der Waals surface area contributed by atoms with E-state index in [2.05, 4.69) is 51.3 Å². The van der Waals surface area contributed by atoms with Crippen LogP contribution in [0.15, 0.2) is 42.7 Å². The fourth-order valence-corrected chi connectivity index (χ4v) is 3.02. The van der Waals surface area contributed by atoms with Crippen LogP contribution in [0, 0.1) is 6.92 Å². The van der Waals surface area contributed by atoms with Gasteiger partial charge in [-0.2, -0.15) is 14.6 Å². The molecular formula is C19H20N6. The molecule has 126 valence electrons. The number of rotatable bonds is 4. The van der Waals surface area contributed by atoms with E-state index in [0.717, 1.165) is 27.9 Å². The number of pyridine rings is 1. The van der Waals surface area contributed by atoms with Crippen LogP contribution in [0.1, 0.15) is 36.7 Å². The Bertz CT molecular complexity index is 1050. The third-order valence-corrected chi connectivity index (χ3v) is 4.30. The Kier molecular flexibility index (Phi) is 3.80. The number of nitrogens with one attached hydrogen (secondary N) is 1. The molecule has 0 aliphatic carbocycles. The van der Waals surface area contributed by atoms with E-state index in [4.69, 9.17) is 0 Å². The van der Waals surface area contributed by atoms with Crippen LogP contribution in [-0.2, 0) is 6.54 Å². The van der Waals surface area contributed by atoms with E-state index in [1.54, 1.807) is 4.52 Å². The molecule has 6 nitrogen and oxygen atoms in total. The lowest BCUT2D eigenvalue weighted by Gasteiger charge is -2.10. The molecule has 0 spiro atoms. The lowest BCUT2D eigenvalue weighted by molar-refractivity contribution is 0.852. The summed E-state index contributed by atoms with van der Waals surface area (Å²) in [5, 5.41) is 9.02. The summed E-state index contributed by atoms with van der Waals surface area (Å²) in [6.07, 6.45) is 3.69. The van der Waals surface area contributed by atoms with Gasteiger partial charge in [-0.1, -0.05) is 32.0 Å². The number of nitrogens with zero attached hydrogens (tertiary/aromatic N) is 5. The van der Waals surface area contributed by atoms with E-state index in [-0.39, 0.29) is 0 Å². The van der Waals surface area contributed by atoms with E-state index in [1.807, 2.05) is 37.5 Å². The Hall–Kier alpha value is -3.02. The number of fused-ring (bicyclic) bond motifs is 2. The van der Waals surface area contributed by atoms with Crippen molar-refractivity contribution in [2.45, 2.75) is 33.2 Å². The lowest BCUT2D eigenvalue weighted by Crippen LogP contribution is -2.10. The zero-order valence-electron chi connectivity index (χ0n) is 14.6. The second kappa shape index (κ2) is 6.12. The number of anilines is 1. The zero-order valence-corrected chi connectivity index (χ0v) is 14.6. The minimum Gasteiger partial charge on any atom is -0.350 e. The van der Waals surface area contributed by atoms with Crippen molar-refractivity contribution in [3.63, 3.8) is 0 Å². The van der Waals surface area contributed by atoms with Crippen molar-refractivity contribution in [3.8, 4) is 0 Å². The number of aromatic nitrogens is 5. The first-order valence-corrected chi connectivity index (χ1v) is 8.42. The topological polar surface area (TPSA) is 68.0 Å². The molecule has 0 atom stereocenters. The number of aryl methyl sites for hydroxylation is 1. The second-order valence-electron chi connectivity index (χ2n) is 6.43. The third kappa shape index (κ3) is 2.80. The molecule has 0 radical (unpaired) electrons. The van der Waals surface area contributed by atoms with Crippen molar-refractivity contribution >= 4 is 22.5 Å². The van der Waals surface area contributed by atoms with Crippen LogP contribution < -0.4 is 5.32 Å². The first-order chi connectivity index (χ1) is 12.1. The van der Waals surface area contributed by atoms with Crippen molar-refractivity contribution in [2.24, 2.45) is 0 Å². The molecule has 3 aromatic heterocycles. The van der Waals surface area contributed by atoms with Crippen LogP contribution in [-0.4, -0.2) is 24.6 Å². The maximum absolute atomic E-state index is 4.56. The summed E-state index contributed by atoms with van der Waals surface area (Å²) >= 11 is 0. The van der Waals surface area contributed by atoms with E-state index in [9.17, 15) is 0 Å². The maximum atomic E-state index is 4.56. The molecule has 0 fully saturated rings. The van der Waals surface area contributed by atoms with Gasteiger partial charge in [-0.15, -0.1) is 0 Å². The normalized spacial score (nSPS) is 11.5. The molecule has 1 aromatic carbocycles. The molecule has 0 aliphatic heterocycles. The van der Waals surface area contributed by atoms with Crippen LogP contribution in [0.3, 0.4) is 0 Å². The first-order valence-electron chi connectivity index (χ1n) is 8.42. The first kappa shape index (κ1) is 15.5. The molecule has 0 amide bonds. The highest BCUT2D eigenvalue weighted by Crippen LogP contribution is 2.22. The third-order valence-electron chi connectivity index (χ3n) is 4.30. The van der Waals surface area contributed by atoms with Gasteiger partial charge in [-0.05, 0) is 30.5 Å². The standard InChI is InChI=1S/C19H20N6/c1-12(2)16-11-22-25-18(16)23-13(3)24-19(25)21-10-14-6-4-8-17-15(14)7-5-9-20-17/h4-9,11-12H,10H2,1-3H3,(H,21,23,24). The van der Waals surface area contributed by atoms with Gasteiger partial charge in [0.2, 0.25) is 5.95 Å². The molecule has 3 heterocycles. The maximum Gasteiger partial charge on any atom is 0.227 e. The van der Waals surface area contributed by atoms with Crippen molar-refractivity contribution in [3.05, 3.63) is 59.7 Å². The molecule has 1 N–H and O–H groups in total. The summed E-state index contributed by atoms with van der Waals surface area (Å²) in [4.78, 5) is 13.5. The Morgan fingerprint density at radius 2 is 2.00 bits per heavy atom. The quantitative estimate of drug-likeness (QED) is 0.617. The predicted octanol–water partition coefficient (Wildman–Crippen LogP) is 3.72. The highest BCUT2D eigenvalue weighted by atomic mass is 15.3. The van der Waals surface area contributed by atoms with E-state index < -0.39 is 0 Å². The molecule has 0 saturated heterocycles. The predicted molar refractivity (Wildman–Crippen MR) is 98.7 cm³/mol. The highest BCUT2D eigenvalue weighted by Gasteiger charge is 2.14. The number of benzene rings is 1. The van der Waals surface area contributed by atoms with Crippen molar-refractivity contribution < 1.29 is 0 Å². The fourth-order valence-electron chi connectivity index (χ4n) is 3.02. The Morgan fingerprint density at radius 3 is 2.84 bits per heavy atom. The van der Waals surface area contributed by atoms with Gasteiger partial charge in [0.25, 0.3) is 0 Å². The smallest absolute Gasteiger partial charge is 0.227 e.